The van der Waals surface area contributed by atoms with Gasteiger partial charge in [0, 0.05) is 25.9 Å². The molecule has 2 nitrogen and oxygen atoms in total. The van der Waals surface area contributed by atoms with E-state index in [1.54, 1.807) is 6.92 Å². The molecule has 1 unspecified atom stereocenters. The molecule has 1 atom stereocenters. The average molecular weight is 180 g/mol. The van der Waals surface area contributed by atoms with E-state index in [1.807, 2.05) is 0 Å². The molecule has 1 heterocycles. The smallest absolute Gasteiger partial charge is 0.136 e. The van der Waals surface area contributed by atoms with Gasteiger partial charge in [0.25, 0.3) is 0 Å². The first kappa shape index (κ1) is 10.3. The van der Waals surface area contributed by atoms with Crippen molar-refractivity contribution in [3.05, 3.63) is 0 Å². The maximum Gasteiger partial charge on any atom is 0.136 e. The lowest BCUT2D eigenvalue weighted by molar-refractivity contribution is -0.121. The average Bonchev–Trinajstić information content (AvgIpc) is 2.57. The number of carbonyl (C=O) groups excluding carboxylic acids is 1. The Balaban J connectivity index is 2.11. The molecule has 0 saturated carbocycles. The van der Waals surface area contributed by atoms with Crippen molar-refractivity contribution in [1.29, 1.82) is 0 Å². The maximum atomic E-state index is 11.3. The van der Waals surface area contributed by atoms with Gasteiger partial charge in [-0.15, -0.1) is 11.8 Å². The van der Waals surface area contributed by atoms with Gasteiger partial charge in [-0.2, -0.15) is 0 Å². The summed E-state index contributed by atoms with van der Waals surface area (Å²) in [6, 6.07) is 0. The van der Waals surface area contributed by atoms with Gasteiger partial charge in [0.15, 0.2) is 0 Å². The Morgan fingerprint density at radius 3 is 3.08 bits per heavy atom. The number of ketones is 1. The second-order valence-corrected chi connectivity index (χ2v) is 3.30. The molecule has 0 bridgehead atoms. The summed E-state index contributed by atoms with van der Waals surface area (Å²) in [5.74, 6) is 5.96. The molecule has 0 aliphatic carbocycles. The highest BCUT2D eigenvalue weighted by Crippen LogP contribution is 2.16. The monoisotopic (exact) mass is 180 g/mol. The fraction of sp³-hybridized carbons (Fsp3) is 0.727. The second-order valence-electron chi connectivity index (χ2n) is 3.30. The number of Topliss-reactive ketones (excluding diaryl/α,β-unsaturated/α-hetero) is 1. The van der Waals surface area contributed by atoms with E-state index in [9.17, 15) is 4.79 Å². The van der Waals surface area contributed by atoms with Gasteiger partial charge in [0.05, 0.1) is 6.10 Å². The van der Waals surface area contributed by atoms with E-state index in [-0.39, 0.29) is 11.9 Å². The van der Waals surface area contributed by atoms with Crippen molar-refractivity contribution < 1.29 is 9.53 Å². The van der Waals surface area contributed by atoms with Gasteiger partial charge in [-0.1, -0.05) is 0 Å². The zero-order chi connectivity index (χ0) is 9.52. The summed E-state index contributed by atoms with van der Waals surface area (Å²) in [5, 5.41) is 0. The highest BCUT2D eigenvalue weighted by atomic mass is 16.5. The van der Waals surface area contributed by atoms with Gasteiger partial charge in [-0.3, -0.25) is 4.79 Å². The van der Waals surface area contributed by atoms with Gasteiger partial charge < -0.3 is 4.74 Å². The third kappa shape index (κ3) is 4.10. The van der Waals surface area contributed by atoms with Gasteiger partial charge in [-0.25, -0.2) is 0 Å². The number of ether oxygens (including phenoxy) is 1. The maximum absolute atomic E-state index is 11.3. The van der Waals surface area contributed by atoms with Crippen LogP contribution in [0.15, 0.2) is 0 Å². The molecule has 0 N–H and O–H groups in total. The van der Waals surface area contributed by atoms with E-state index >= 15 is 0 Å². The number of hydrogen-bond donors (Lipinski definition) is 0. The third-order valence-corrected chi connectivity index (χ3v) is 2.18. The largest absolute Gasteiger partial charge is 0.378 e. The molecule has 0 aromatic carbocycles. The van der Waals surface area contributed by atoms with Crippen molar-refractivity contribution in [3.8, 4) is 11.8 Å². The molecular formula is C11H16O2. The van der Waals surface area contributed by atoms with Gasteiger partial charge in [0.1, 0.15) is 5.78 Å². The molecule has 0 aromatic rings. The molecule has 72 valence electrons. The van der Waals surface area contributed by atoms with Crippen molar-refractivity contribution in [2.75, 3.05) is 6.61 Å². The number of rotatable bonds is 4. The van der Waals surface area contributed by atoms with Crippen LogP contribution >= 0.6 is 0 Å². The van der Waals surface area contributed by atoms with E-state index in [1.165, 1.54) is 0 Å². The lowest BCUT2D eigenvalue weighted by Gasteiger charge is -2.06. The first-order valence-corrected chi connectivity index (χ1v) is 4.86. The van der Waals surface area contributed by atoms with Crippen LogP contribution in [-0.4, -0.2) is 18.5 Å². The van der Waals surface area contributed by atoms with Crippen LogP contribution in [0.25, 0.3) is 0 Å². The highest BCUT2D eigenvalue weighted by Gasteiger charge is 2.18. The Hall–Kier alpha value is -0.810. The summed E-state index contributed by atoms with van der Waals surface area (Å²) in [5.41, 5.74) is 0. The third-order valence-electron chi connectivity index (χ3n) is 2.18. The van der Waals surface area contributed by atoms with Crippen LogP contribution in [0.5, 0.6) is 0 Å². The minimum Gasteiger partial charge on any atom is -0.378 e. The molecule has 1 fully saturated rings. The topological polar surface area (TPSA) is 26.3 Å². The Morgan fingerprint density at radius 1 is 1.62 bits per heavy atom. The summed E-state index contributed by atoms with van der Waals surface area (Å²) in [6.45, 7) is 2.62. The Labute approximate surface area is 79.7 Å². The van der Waals surface area contributed by atoms with Gasteiger partial charge >= 0.3 is 0 Å². The first-order valence-electron chi connectivity index (χ1n) is 4.86. The Morgan fingerprint density at radius 2 is 2.46 bits per heavy atom. The zero-order valence-corrected chi connectivity index (χ0v) is 8.14. The molecule has 0 radical (unpaired) electrons. The standard InChI is InChI=1S/C11H16O2/c1-2-3-4-6-10(12)9-11-7-5-8-13-11/h11H,4-9H2,1H3. The summed E-state index contributed by atoms with van der Waals surface area (Å²) >= 11 is 0. The van der Waals surface area contributed by atoms with E-state index < -0.39 is 0 Å². The summed E-state index contributed by atoms with van der Waals surface area (Å²) < 4.78 is 5.37. The number of carbonyl (C=O) groups is 1. The predicted molar refractivity (Wildman–Crippen MR) is 51.3 cm³/mol. The molecule has 1 rings (SSSR count). The van der Waals surface area contributed by atoms with E-state index in [0.29, 0.717) is 19.3 Å². The molecule has 0 spiro atoms. The van der Waals surface area contributed by atoms with Crippen LogP contribution in [0.4, 0.5) is 0 Å². The van der Waals surface area contributed by atoms with E-state index in [4.69, 9.17) is 4.74 Å². The molecular weight excluding hydrogens is 164 g/mol. The SMILES string of the molecule is CC#CCCC(=O)CC1CCCO1. The Bertz CT molecular complexity index is 216. The summed E-state index contributed by atoms with van der Waals surface area (Å²) in [4.78, 5) is 11.3. The van der Waals surface area contributed by atoms with Crippen molar-refractivity contribution in [2.45, 2.75) is 45.1 Å². The fourth-order valence-corrected chi connectivity index (χ4v) is 1.49. The highest BCUT2D eigenvalue weighted by molar-refractivity contribution is 5.79. The zero-order valence-electron chi connectivity index (χ0n) is 8.14. The molecule has 2 heteroatoms. The fourth-order valence-electron chi connectivity index (χ4n) is 1.49. The summed E-state index contributed by atoms with van der Waals surface area (Å²) in [6.07, 6.45) is 4.22. The van der Waals surface area contributed by atoms with Crippen LogP contribution in [0.1, 0.15) is 39.0 Å². The predicted octanol–water partition coefficient (Wildman–Crippen LogP) is 1.93. The molecule has 1 saturated heterocycles. The van der Waals surface area contributed by atoms with E-state index in [0.717, 1.165) is 19.4 Å². The molecule has 13 heavy (non-hydrogen) atoms. The second kappa shape index (κ2) is 5.77. The van der Waals surface area contributed by atoms with Crippen LogP contribution in [-0.2, 0) is 9.53 Å². The lowest BCUT2D eigenvalue weighted by Crippen LogP contribution is -2.11. The minimum absolute atomic E-state index is 0.196. The van der Waals surface area contributed by atoms with Crippen LogP contribution in [0.3, 0.4) is 0 Å². The van der Waals surface area contributed by atoms with E-state index in [2.05, 4.69) is 11.8 Å². The first-order chi connectivity index (χ1) is 6.33. The molecule has 1 aliphatic rings. The van der Waals surface area contributed by atoms with Crippen molar-refractivity contribution >= 4 is 5.78 Å². The normalized spacial score (nSPS) is 20.8. The Kier molecular flexibility index (Phi) is 4.56. The van der Waals surface area contributed by atoms with Crippen LogP contribution < -0.4 is 0 Å². The van der Waals surface area contributed by atoms with Gasteiger partial charge in [0.2, 0.25) is 0 Å². The minimum atomic E-state index is 0.196. The van der Waals surface area contributed by atoms with Crippen LogP contribution in [0.2, 0.25) is 0 Å². The van der Waals surface area contributed by atoms with Crippen molar-refractivity contribution in [2.24, 2.45) is 0 Å². The number of hydrogen-bond acceptors (Lipinski definition) is 2. The quantitative estimate of drug-likeness (QED) is 0.618. The molecule has 0 amide bonds. The van der Waals surface area contributed by atoms with Crippen LogP contribution in [0, 0.1) is 11.8 Å². The lowest BCUT2D eigenvalue weighted by atomic mass is 10.1. The molecule has 0 aromatic heterocycles. The summed E-state index contributed by atoms with van der Waals surface area (Å²) in [7, 11) is 0. The van der Waals surface area contributed by atoms with Gasteiger partial charge in [-0.05, 0) is 19.8 Å². The van der Waals surface area contributed by atoms with Crippen molar-refractivity contribution in [3.63, 3.8) is 0 Å². The van der Waals surface area contributed by atoms with Crippen molar-refractivity contribution in [1.82, 2.24) is 0 Å². The molecule has 1 aliphatic heterocycles.